The van der Waals surface area contributed by atoms with E-state index >= 15 is 0 Å². The summed E-state index contributed by atoms with van der Waals surface area (Å²) in [7, 11) is 0. The number of ether oxygens (including phenoxy) is 4. The minimum absolute atomic E-state index is 0.0483. The Morgan fingerprint density at radius 3 is 2.09 bits per heavy atom. The zero-order chi connectivity index (χ0) is 15.6. The Bertz CT molecular complexity index is 319. The third-order valence-corrected chi connectivity index (χ3v) is 4.13. The van der Waals surface area contributed by atoms with Gasteiger partial charge in [0, 0.05) is 19.6 Å². The van der Waals surface area contributed by atoms with Crippen molar-refractivity contribution in [2.75, 3.05) is 13.2 Å². The Morgan fingerprint density at radius 2 is 1.59 bits per heavy atom. The maximum atomic E-state index is 6.09. The fraction of sp³-hybridized carbons (Fsp3) is 0.778. The van der Waals surface area contributed by atoms with Crippen molar-refractivity contribution >= 4 is 0 Å². The van der Waals surface area contributed by atoms with Gasteiger partial charge in [-0.3, -0.25) is 0 Å². The van der Waals surface area contributed by atoms with E-state index in [2.05, 4.69) is 13.2 Å². The minimum atomic E-state index is -0.105. The molecule has 2 rings (SSSR count). The molecule has 0 aromatic carbocycles. The van der Waals surface area contributed by atoms with Crippen molar-refractivity contribution < 1.29 is 18.9 Å². The van der Waals surface area contributed by atoms with Crippen molar-refractivity contribution in [1.82, 2.24) is 0 Å². The smallest absolute Gasteiger partial charge is 0.158 e. The summed E-state index contributed by atoms with van der Waals surface area (Å²) in [6.07, 6.45) is 11.6. The minimum Gasteiger partial charge on any atom is -0.353 e. The summed E-state index contributed by atoms with van der Waals surface area (Å²) in [5.74, 6) is 0. The molecule has 2 aliphatic heterocycles. The molecule has 0 bridgehead atoms. The summed E-state index contributed by atoms with van der Waals surface area (Å²) in [4.78, 5) is 0. The molecule has 0 amide bonds. The van der Waals surface area contributed by atoms with Gasteiger partial charge >= 0.3 is 0 Å². The molecule has 0 aromatic heterocycles. The predicted octanol–water partition coefficient (Wildman–Crippen LogP) is 3.96. The standard InChI is InChI=1S/C18H30O4/c1-3-9-16(22-18-11-6-8-13-20-18)14-15(4-2)21-17-10-5-7-12-19-17/h3-4,15-18H,1-2,5-14H2. The van der Waals surface area contributed by atoms with Crippen molar-refractivity contribution in [2.45, 2.75) is 76.2 Å². The molecule has 4 unspecified atom stereocenters. The quantitative estimate of drug-likeness (QED) is 0.604. The van der Waals surface area contributed by atoms with Crippen molar-refractivity contribution in [1.29, 1.82) is 0 Å². The molecule has 2 saturated heterocycles. The maximum absolute atomic E-state index is 6.09. The lowest BCUT2D eigenvalue weighted by Gasteiger charge is -2.31. The summed E-state index contributed by atoms with van der Waals surface area (Å²) < 4.78 is 23.4. The van der Waals surface area contributed by atoms with Crippen molar-refractivity contribution in [2.24, 2.45) is 0 Å². The first kappa shape index (κ1) is 17.7. The van der Waals surface area contributed by atoms with E-state index < -0.39 is 0 Å². The highest BCUT2D eigenvalue weighted by Gasteiger charge is 2.24. The van der Waals surface area contributed by atoms with Gasteiger partial charge in [-0.1, -0.05) is 12.2 Å². The van der Waals surface area contributed by atoms with Crippen molar-refractivity contribution in [3.8, 4) is 0 Å². The van der Waals surface area contributed by atoms with Gasteiger partial charge in [0.15, 0.2) is 12.6 Å². The molecule has 0 N–H and O–H groups in total. The van der Waals surface area contributed by atoms with E-state index in [1.807, 2.05) is 12.2 Å². The van der Waals surface area contributed by atoms with Gasteiger partial charge in [-0.05, 0) is 44.9 Å². The lowest BCUT2D eigenvalue weighted by molar-refractivity contribution is -0.208. The van der Waals surface area contributed by atoms with Crippen LogP contribution in [0.25, 0.3) is 0 Å². The zero-order valence-electron chi connectivity index (χ0n) is 13.6. The van der Waals surface area contributed by atoms with Crippen molar-refractivity contribution in [3.63, 3.8) is 0 Å². The molecule has 4 nitrogen and oxygen atoms in total. The molecule has 4 heteroatoms. The lowest BCUT2D eigenvalue weighted by atomic mass is 10.1. The third kappa shape index (κ3) is 6.21. The van der Waals surface area contributed by atoms with Crippen LogP contribution in [0.15, 0.2) is 25.3 Å². The first-order chi connectivity index (χ1) is 10.8. The van der Waals surface area contributed by atoms with Gasteiger partial charge in [0.25, 0.3) is 0 Å². The Hall–Kier alpha value is -0.680. The molecule has 0 radical (unpaired) electrons. The van der Waals surface area contributed by atoms with E-state index in [0.717, 1.165) is 58.2 Å². The zero-order valence-corrected chi connectivity index (χ0v) is 13.6. The van der Waals surface area contributed by atoms with E-state index in [-0.39, 0.29) is 24.8 Å². The molecule has 126 valence electrons. The molecular weight excluding hydrogens is 280 g/mol. The number of hydrogen-bond acceptors (Lipinski definition) is 4. The average molecular weight is 310 g/mol. The monoisotopic (exact) mass is 310 g/mol. The highest BCUT2D eigenvalue weighted by Crippen LogP contribution is 2.22. The topological polar surface area (TPSA) is 36.9 Å². The van der Waals surface area contributed by atoms with Crippen LogP contribution in [0.4, 0.5) is 0 Å². The van der Waals surface area contributed by atoms with Gasteiger partial charge < -0.3 is 18.9 Å². The normalized spacial score (nSPS) is 28.7. The second-order valence-electron chi connectivity index (χ2n) is 6.02. The van der Waals surface area contributed by atoms with E-state index in [1.165, 1.54) is 6.42 Å². The first-order valence-electron chi connectivity index (χ1n) is 8.59. The van der Waals surface area contributed by atoms with Gasteiger partial charge in [-0.2, -0.15) is 0 Å². The van der Waals surface area contributed by atoms with Crippen LogP contribution in [0, 0.1) is 0 Å². The summed E-state index contributed by atoms with van der Waals surface area (Å²) >= 11 is 0. The molecule has 0 spiro atoms. The lowest BCUT2D eigenvalue weighted by Crippen LogP contribution is -2.33. The summed E-state index contributed by atoms with van der Waals surface area (Å²) in [5, 5.41) is 0. The van der Waals surface area contributed by atoms with Crippen LogP contribution < -0.4 is 0 Å². The van der Waals surface area contributed by atoms with Crippen LogP contribution in [0.5, 0.6) is 0 Å². The third-order valence-electron chi connectivity index (χ3n) is 4.13. The molecule has 4 atom stereocenters. The molecular formula is C18H30O4. The fourth-order valence-electron chi connectivity index (χ4n) is 2.91. The second kappa shape index (κ2) is 10.2. The van der Waals surface area contributed by atoms with E-state index in [4.69, 9.17) is 18.9 Å². The SMILES string of the molecule is C=CCC(CC(C=C)OC1CCCCO1)OC1CCCCO1. The van der Waals surface area contributed by atoms with E-state index in [9.17, 15) is 0 Å². The average Bonchev–Trinajstić information content (AvgIpc) is 2.56. The summed E-state index contributed by atoms with van der Waals surface area (Å²) in [6, 6.07) is 0. The van der Waals surface area contributed by atoms with Gasteiger partial charge in [0.1, 0.15) is 0 Å². The fourth-order valence-corrected chi connectivity index (χ4v) is 2.91. The second-order valence-corrected chi connectivity index (χ2v) is 6.02. The van der Waals surface area contributed by atoms with Gasteiger partial charge in [0.05, 0.1) is 12.2 Å². The van der Waals surface area contributed by atoms with Crippen LogP contribution in [0.3, 0.4) is 0 Å². The predicted molar refractivity (Wildman–Crippen MR) is 86.6 cm³/mol. The molecule has 22 heavy (non-hydrogen) atoms. The Kier molecular flexibility index (Phi) is 8.16. The molecule has 0 saturated carbocycles. The van der Waals surface area contributed by atoms with Gasteiger partial charge in [0.2, 0.25) is 0 Å². The first-order valence-corrected chi connectivity index (χ1v) is 8.59. The molecule has 0 aliphatic carbocycles. The van der Waals surface area contributed by atoms with Crippen LogP contribution in [-0.2, 0) is 18.9 Å². The highest BCUT2D eigenvalue weighted by atomic mass is 16.7. The number of hydrogen-bond donors (Lipinski definition) is 0. The highest BCUT2D eigenvalue weighted by molar-refractivity contribution is 4.86. The molecule has 2 aliphatic rings. The Balaban J connectivity index is 1.80. The van der Waals surface area contributed by atoms with Crippen LogP contribution >= 0.6 is 0 Å². The van der Waals surface area contributed by atoms with Crippen LogP contribution in [-0.4, -0.2) is 38.0 Å². The summed E-state index contributed by atoms with van der Waals surface area (Å²) in [5.41, 5.74) is 0. The van der Waals surface area contributed by atoms with Crippen molar-refractivity contribution in [3.05, 3.63) is 25.3 Å². The van der Waals surface area contributed by atoms with Gasteiger partial charge in [-0.25, -0.2) is 0 Å². The van der Waals surface area contributed by atoms with Crippen LogP contribution in [0.1, 0.15) is 51.4 Å². The van der Waals surface area contributed by atoms with Crippen LogP contribution in [0.2, 0.25) is 0 Å². The molecule has 0 aromatic rings. The Labute approximate surface area is 134 Å². The van der Waals surface area contributed by atoms with E-state index in [1.54, 1.807) is 0 Å². The summed E-state index contributed by atoms with van der Waals surface area (Å²) in [6.45, 7) is 9.31. The maximum Gasteiger partial charge on any atom is 0.158 e. The Morgan fingerprint density at radius 1 is 0.955 bits per heavy atom. The molecule has 2 heterocycles. The largest absolute Gasteiger partial charge is 0.353 e. The molecule has 2 fully saturated rings. The number of rotatable bonds is 9. The van der Waals surface area contributed by atoms with Gasteiger partial charge in [-0.15, -0.1) is 13.2 Å². The van der Waals surface area contributed by atoms with E-state index in [0.29, 0.717) is 0 Å².